The van der Waals surface area contributed by atoms with Crippen LogP contribution in [-0.4, -0.2) is 44.2 Å². The van der Waals surface area contributed by atoms with Crippen LogP contribution in [0.1, 0.15) is 28.4 Å². The van der Waals surface area contributed by atoms with E-state index in [1.165, 1.54) is 0 Å². The number of aryl methyl sites for hydroxylation is 1. The molecule has 2 aromatic heterocycles. The van der Waals surface area contributed by atoms with Crippen molar-refractivity contribution in [3.63, 3.8) is 0 Å². The standard InChI is InChI=1S/C19H21N5O2/c1-23-9-14(8-22-23)15-10-24(11-16-19(15)21-12-20-16)18(25)7-13-5-3-4-6-17(13)26-2/h3-6,8-9,12,15H,7,10-11H2,1-2H3,(H,20,21). The van der Waals surface area contributed by atoms with Crippen LogP contribution in [-0.2, 0) is 24.8 Å². The van der Waals surface area contributed by atoms with Gasteiger partial charge < -0.3 is 14.6 Å². The Morgan fingerprint density at radius 1 is 1.38 bits per heavy atom. The van der Waals surface area contributed by atoms with Gasteiger partial charge in [0.25, 0.3) is 0 Å². The van der Waals surface area contributed by atoms with Gasteiger partial charge in [-0.2, -0.15) is 5.10 Å². The number of hydrogen-bond acceptors (Lipinski definition) is 4. The van der Waals surface area contributed by atoms with E-state index in [-0.39, 0.29) is 11.8 Å². The molecule has 1 unspecified atom stereocenters. The smallest absolute Gasteiger partial charge is 0.227 e. The average Bonchev–Trinajstić information content (AvgIpc) is 3.30. The summed E-state index contributed by atoms with van der Waals surface area (Å²) in [4.78, 5) is 22.5. The molecular formula is C19H21N5O2. The summed E-state index contributed by atoms with van der Waals surface area (Å²) in [6, 6.07) is 7.64. The Kier molecular flexibility index (Phi) is 4.20. The van der Waals surface area contributed by atoms with E-state index in [0.29, 0.717) is 19.5 Å². The quantitative estimate of drug-likeness (QED) is 0.779. The summed E-state index contributed by atoms with van der Waals surface area (Å²) in [6.45, 7) is 1.14. The Bertz CT molecular complexity index is 929. The van der Waals surface area contributed by atoms with Gasteiger partial charge in [0.05, 0.1) is 44.0 Å². The highest BCUT2D eigenvalue weighted by atomic mass is 16.5. The molecule has 0 radical (unpaired) electrons. The Morgan fingerprint density at radius 3 is 3.00 bits per heavy atom. The van der Waals surface area contributed by atoms with Crippen molar-refractivity contribution in [2.24, 2.45) is 7.05 Å². The molecule has 1 N–H and O–H groups in total. The van der Waals surface area contributed by atoms with Crippen LogP contribution < -0.4 is 4.74 Å². The number of imidazole rings is 1. The van der Waals surface area contributed by atoms with Crippen molar-refractivity contribution in [3.05, 3.63) is 65.5 Å². The van der Waals surface area contributed by atoms with Crippen LogP contribution in [0.2, 0.25) is 0 Å². The Morgan fingerprint density at radius 2 is 2.23 bits per heavy atom. The van der Waals surface area contributed by atoms with Gasteiger partial charge in [0, 0.05) is 36.8 Å². The summed E-state index contributed by atoms with van der Waals surface area (Å²) in [5.74, 6) is 0.841. The lowest BCUT2D eigenvalue weighted by atomic mass is 9.92. The molecule has 3 aromatic rings. The van der Waals surface area contributed by atoms with Crippen molar-refractivity contribution in [1.82, 2.24) is 24.6 Å². The third kappa shape index (κ3) is 2.96. The van der Waals surface area contributed by atoms with Crippen LogP contribution in [0.4, 0.5) is 0 Å². The van der Waals surface area contributed by atoms with Gasteiger partial charge in [-0.3, -0.25) is 9.48 Å². The molecule has 0 saturated heterocycles. The molecule has 26 heavy (non-hydrogen) atoms. The van der Waals surface area contributed by atoms with E-state index in [0.717, 1.165) is 28.3 Å². The molecule has 3 heterocycles. The highest BCUT2D eigenvalue weighted by Gasteiger charge is 2.32. The normalized spacial score (nSPS) is 16.4. The van der Waals surface area contributed by atoms with E-state index in [9.17, 15) is 4.79 Å². The predicted molar refractivity (Wildman–Crippen MR) is 95.8 cm³/mol. The van der Waals surface area contributed by atoms with Crippen LogP contribution in [0, 0.1) is 0 Å². The maximum atomic E-state index is 13.0. The number of aromatic nitrogens is 4. The molecular weight excluding hydrogens is 330 g/mol. The van der Waals surface area contributed by atoms with E-state index in [2.05, 4.69) is 15.1 Å². The molecule has 1 aliphatic rings. The number of fused-ring (bicyclic) bond motifs is 1. The van der Waals surface area contributed by atoms with E-state index in [1.54, 1.807) is 18.1 Å². The van der Waals surface area contributed by atoms with Crippen molar-refractivity contribution >= 4 is 5.91 Å². The lowest BCUT2D eigenvalue weighted by molar-refractivity contribution is -0.131. The number of ether oxygens (including phenoxy) is 1. The molecule has 1 amide bonds. The zero-order valence-corrected chi connectivity index (χ0v) is 14.8. The third-order valence-corrected chi connectivity index (χ3v) is 4.85. The molecule has 0 spiro atoms. The van der Waals surface area contributed by atoms with Crippen molar-refractivity contribution in [2.75, 3.05) is 13.7 Å². The second-order valence-electron chi connectivity index (χ2n) is 6.53. The minimum absolute atomic E-state index is 0.0281. The molecule has 0 bridgehead atoms. The van der Waals surface area contributed by atoms with Gasteiger partial charge in [0.15, 0.2) is 0 Å². The molecule has 0 saturated carbocycles. The highest BCUT2D eigenvalue weighted by Crippen LogP contribution is 2.31. The number of hydrogen-bond donors (Lipinski definition) is 1. The first kappa shape index (κ1) is 16.4. The van der Waals surface area contributed by atoms with Crippen molar-refractivity contribution in [1.29, 1.82) is 0 Å². The molecule has 0 aliphatic carbocycles. The van der Waals surface area contributed by atoms with E-state index < -0.39 is 0 Å². The number of nitrogens with zero attached hydrogens (tertiary/aromatic N) is 4. The maximum Gasteiger partial charge on any atom is 0.227 e. The zero-order chi connectivity index (χ0) is 18.1. The number of benzene rings is 1. The minimum Gasteiger partial charge on any atom is -0.496 e. The van der Waals surface area contributed by atoms with Gasteiger partial charge >= 0.3 is 0 Å². The molecule has 7 heteroatoms. The number of carbonyl (C=O) groups is 1. The van der Waals surface area contributed by atoms with Crippen molar-refractivity contribution < 1.29 is 9.53 Å². The molecule has 1 aromatic carbocycles. The number of H-pyrrole nitrogens is 1. The molecule has 4 rings (SSSR count). The number of para-hydroxylation sites is 1. The van der Waals surface area contributed by atoms with Gasteiger partial charge in [0.1, 0.15) is 5.75 Å². The Hall–Kier alpha value is -3.09. The third-order valence-electron chi connectivity index (χ3n) is 4.85. The summed E-state index contributed by atoms with van der Waals surface area (Å²) in [6.07, 6.45) is 5.84. The monoisotopic (exact) mass is 351 g/mol. The molecule has 7 nitrogen and oxygen atoms in total. The molecule has 1 aliphatic heterocycles. The summed E-state index contributed by atoms with van der Waals surface area (Å²) in [7, 11) is 3.52. The van der Waals surface area contributed by atoms with Crippen LogP contribution in [0.15, 0.2) is 43.0 Å². The summed E-state index contributed by atoms with van der Waals surface area (Å²) in [5.41, 5.74) is 3.95. The summed E-state index contributed by atoms with van der Waals surface area (Å²) in [5, 5.41) is 4.27. The Balaban J connectivity index is 1.59. The van der Waals surface area contributed by atoms with E-state index in [4.69, 9.17) is 4.74 Å². The zero-order valence-electron chi connectivity index (χ0n) is 14.8. The topological polar surface area (TPSA) is 76.0 Å². The summed E-state index contributed by atoms with van der Waals surface area (Å²) < 4.78 is 7.15. The van der Waals surface area contributed by atoms with Crippen LogP contribution in [0.25, 0.3) is 0 Å². The van der Waals surface area contributed by atoms with Crippen molar-refractivity contribution in [2.45, 2.75) is 18.9 Å². The van der Waals surface area contributed by atoms with Gasteiger partial charge in [-0.05, 0) is 6.07 Å². The van der Waals surface area contributed by atoms with Crippen molar-refractivity contribution in [3.8, 4) is 5.75 Å². The number of carbonyl (C=O) groups excluding carboxylic acids is 1. The predicted octanol–water partition coefficient (Wildman–Crippen LogP) is 1.87. The first-order valence-electron chi connectivity index (χ1n) is 8.56. The second kappa shape index (κ2) is 6.67. The number of rotatable bonds is 4. The first-order chi connectivity index (χ1) is 12.7. The van der Waals surface area contributed by atoms with Gasteiger partial charge in [0.2, 0.25) is 5.91 Å². The lowest BCUT2D eigenvalue weighted by Gasteiger charge is -2.32. The van der Waals surface area contributed by atoms with Gasteiger partial charge in [-0.15, -0.1) is 0 Å². The second-order valence-corrected chi connectivity index (χ2v) is 6.53. The number of methoxy groups -OCH3 is 1. The number of aromatic amines is 1. The largest absolute Gasteiger partial charge is 0.496 e. The SMILES string of the molecule is COc1ccccc1CC(=O)N1Cc2[nH]cnc2C(c2cnn(C)c2)C1. The van der Waals surface area contributed by atoms with Crippen LogP contribution in [0.3, 0.4) is 0 Å². The van der Waals surface area contributed by atoms with Gasteiger partial charge in [-0.1, -0.05) is 18.2 Å². The van der Waals surface area contributed by atoms with E-state index >= 15 is 0 Å². The fourth-order valence-electron chi connectivity index (χ4n) is 3.52. The fraction of sp³-hybridized carbons (Fsp3) is 0.316. The fourth-order valence-corrected chi connectivity index (χ4v) is 3.52. The highest BCUT2D eigenvalue weighted by molar-refractivity contribution is 5.80. The molecule has 1 atom stereocenters. The number of nitrogens with one attached hydrogen (secondary N) is 1. The number of amides is 1. The average molecular weight is 351 g/mol. The first-order valence-corrected chi connectivity index (χ1v) is 8.56. The maximum absolute atomic E-state index is 13.0. The van der Waals surface area contributed by atoms with Gasteiger partial charge in [-0.25, -0.2) is 4.98 Å². The van der Waals surface area contributed by atoms with Crippen LogP contribution >= 0.6 is 0 Å². The Labute approximate surface area is 151 Å². The van der Waals surface area contributed by atoms with E-state index in [1.807, 2.05) is 48.6 Å². The molecule has 134 valence electrons. The summed E-state index contributed by atoms with van der Waals surface area (Å²) >= 11 is 0. The minimum atomic E-state index is 0.0281. The van der Waals surface area contributed by atoms with Crippen LogP contribution in [0.5, 0.6) is 5.75 Å². The lowest BCUT2D eigenvalue weighted by Crippen LogP contribution is -2.39. The molecule has 0 fully saturated rings.